The lowest BCUT2D eigenvalue weighted by molar-refractivity contribution is -0.120. The van der Waals surface area contributed by atoms with Crippen LogP contribution >= 0.6 is 11.8 Å². The fraction of sp³-hybridized carbons (Fsp3) is 0.333. The molecule has 0 saturated carbocycles. The van der Waals surface area contributed by atoms with Crippen LogP contribution in [0.3, 0.4) is 0 Å². The van der Waals surface area contributed by atoms with Gasteiger partial charge in [-0.3, -0.25) is 9.78 Å². The minimum atomic E-state index is 0.101. The van der Waals surface area contributed by atoms with Crippen LogP contribution < -0.4 is 0 Å². The third-order valence-electron chi connectivity index (χ3n) is 1.35. The van der Waals surface area contributed by atoms with Crippen LogP contribution in [0.1, 0.15) is 0 Å². The molecule has 0 aliphatic rings. The van der Waals surface area contributed by atoms with Crippen molar-refractivity contribution in [3.63, 3.8) is 0 Å². The lowest BCUT2D eigenvalue weighted by atomic mass is 10.5. The van der Waals surface area contributed by atoms with Gasteiger partial charge in [0.25, 0.3) is 0 Å². The van der Waals surface area contributed by atoms with Crippen molar-refractivity contribution in [2.45, 2.75) is 4.90 Å². The van der Waals surface area contributed by atoms with Crippen LogP contribution in [0, 0.1) is 0 Å². The highest BCUT2D eigenvalue weighted by Crippen LogP contribution is 2.15. The molecule has 0 bridgehead atoms. The van der Waals surface area contributed by atoms with E-state index in [4.69, 9.17) is 4.74 Å². The molecule has 0 aliphatic heterocycles. The van der Waals surface area contributed by atoms with E-state index >= 15 is 0 Å². The molecule has 0 unspecified atom stereocenters. The molecule has 1 rings (SSSR count). The summed E-state index contributed by atoms with van der Waals surface area (Å²) in [5, 5.41) is 0. The van der Waals surface area contributed by atoms with Gasteiger partial charge in [-0.05, 0) is 12.1 Å². The number of thioether (sulfide) groups is 1. The number of methoxy groups -OCH3 is 1. The van der Waals surface area contributed by atoms with E-state index in [-0.39, 0.29) is 12.4 Å². The Hall–Kier alpha value is -0.870. The Morgan fingerprint density at radius 1 is 1.54 bits per heavy atom. The summed E-state index contributed by atoms with van der Waals surface area (Å²) in [4.78, 5) is 16.0. The maximum atomic E-state index is 11.1. The van der Waals surface area contributed by atoms with E-state index in [0.29, 0.717) is 5.75 Å². The van der Waals surface area contributed by atoms with E-state index in [9.17, 15) is 4.79 Å². The van der Waals surface area contributed by atoms with Crippen LogP contribution in [0.2, 0.25) is 0 Å². The number of ether oxygens (including phenoxy) is 1. The van der Waals surface area contributed by atoms with Gasteiger partial charge in [0, 0.05) is 24.4 Å². The smallest absolute Gasteiger partial charge is 0.168 e. The average molecular weight is 197 g/mol. The summed E-state index contributed by atoms with van der Waals surface area (Å²) in [5.74, 6) is 0.557. The molecule has 0 N–H and O–H groups in total. The van der Waals surface area contributed by atoms with Gasteiger partial charge in [0.05, 0.1) is 5.75 Å². The first-order valence-corrected chi connectivity index (χ1v) is 4.85. The van der Waals surface area contributed by atoms with Gasteiger partial charge in [-0.25, -0.2) is 0 Å². The lowest BCUT2D eigenvalue weighted by Crippen LogP contribution is -2.08. The number of Topliss-reactive ketones (excluding diaryl/α,β-unsaturated/α-hetero) is 1. The zero-order valence-corrected chi connectivity index (χ0v) is 8.21. The fourth-order valence-electron chi connectivity index (χ4n) is 0.801. The van der Waals surface area contributed by atoms with Crippen LogP contribution in [-0.4, -0.2) is 30.2 Å². The number of rotatable bonds is 5. The van der Waals surface area contributed by atoms with E-state index in [1.807, 2.05) is 12.1 Å². The van der Waals surface area contributed by atoms with Gasteiger partial charge in [0.1, 0.15) is 6.61 Å². The van der Waals surface area contributed by atoms with E-state index in [2.05, 4.69) is 4.98 Å². The molecule has 1 aromatic heterocycles. The largest absolute Gasteiger partial charge is 0.377 e. The summed E-state index contributed by atoms with van der Waals surface area (Å²) in [7, 11) is 1.52. The number of pyridine rings is 1. The number of aromatic nitrogens is 1. The number of ketones is 1. The molecule has 0 amide bonds. The minimum absolute atomic E-state index is 0.101. The summed E-state index contributed by atoms with van der Waals surface area (Å²) >= 11 is 1.50. The van der Waals surface area contributed by atoms with Gasteiger partial charge in [-0.1, -0.05) is 0 Å². The Morgan fingerprint density at radius 2 is 2.23 bits per heavy atom. The van der Waals surface area contributed by atoms with Crippen molar-refractivity contribution < 1.29 is 9.53 Å². The zero-order chi connectivity index (χ0) is 9.52. The highest BCUT2D eigenvalue weighted by molar-refractivity contribution is 8.00. The molecule has 13 heavy (non-hydrogen) atoms. The van der Waals surface area contributed by atoms with Gasteiger partial charge < -0.3 is 4.74 Å². The Bertz CT molecular complexity index is 264. The average Bonchev–Trinajstić information content (AvgIpc) is 2.17. The topological polar surface area (TPSA) is 39.2 Å². The summed E-state index contributed by atoms with van der Waals surface area (Å²) in [6.07, 6.45) is 3.42. The maximum Gasteiger partial charge on any atom is 0.168 e. The Balaban J connectivity index is 2.31. The van der Waals surface area contributed by atoms with Gasteiger partial charge in [-0.15, -0.1) is 11.8 Å². The van der Waals surface area contributed by atoms with Crippen molar-refractivity contribution in [2.24, 2.45) is 0 Å². The van der Waals surface area contributed by atoms with Crippen LogP contribution in [0.4, 0.5) is 0 Å². The number of hydrogen-bond acceptors (Lipinski definition) is 4. The first-order chi connectivity index (χ1) is 6.33. The number of carbonyl (C=O) groups is 1. The summed E-state index contributed by atoms with van der Waals surface area (Å²) < 4.78 is 4.72. The van der Waals surface area contributed by atoms with Gasteiger partial charge in [-0.2, -0.15) is 0 Å². The summed E-state index contributed by atoms with van der Waals surface area (Å²) in [5.41, 5.74) is 0. The standard InChI is InChI=1S/C9H11NO2S/c1-12-6-8(11)7-13-9-2-4-10-5-3-9/h2-5H,6-7H2,1H3. The van der Waals surface area contributed by atoms with Crippen molar-refractivity contribution in [3.05, 3.63) is 24.5 Å². The summed E-state index contributed by atoms with van der Waals surface area (Å²) in [6, 6.07) is 3.76. The monoisotopic (exact) mass is 197 g/mol. The fourth-order valence-corrected chi connectivity index (χ4v) is 1.53. The van der Waals surface area contributed by atoms with Crippen LogP contribution in [0.5, 0.6) is 0 Å². The second-order valence-corrected chi connectivity index (χ2v) is 3.49. The highest BCUT2D eigenvalue weighted by Gasteiger charge is 2.01. The second kappa shape index (κ2) is 5.72. The third-order valence-corrected chi connectivity index (χ3v) is 2.43. The molecule has 1 heterocycles. The first kappa shape index (κ1) is 10.2. The predicted molar refractivity (Wildman–Crippen MR) is 51.8 cm³/mol. The minimum Gasteiger partial charge on any atom is -0.377 e. The molecule has 70 valence electrons. The molecule has 0 saturated heterocycles. The molecule has 3 nitrogen and oxygen atoms in total. The Labute approximate surface area is 81.5 Å². The number of carbonyl (C=O) groups excluding carboxylic acids is 1. The van der Waals surface area contributed by atoms with E-state index in [0.717, 1.165) is 4.90 Å². The molecular weight excluding hydrogens is 186 g/mol. The molecule has 0 atom stereocenters. The molecular formula is C9H11NO2S. The van der Waals surface area contributed by atoms with E-state index in [1.54, 1.807) is 12.4 Å². The van der Waals surface area contributed by atoms with Gasteiger partial charge in [0.2, 0.25) is 0 Å². The molecule has 0 radical (unpaired) electrons. The maximum absolute atomic E-state index is 11.1. The number of nitrogens with zero attached hydrogens (tertiary/aromatic N) is 1. The predicted octanol–water partition coefficient (Wildman–Crippen LogP) is 1.39. The van der Waals surface area contributed by atoms with Crippen LogP contribution in [-0.2, 0) is 9.53 Å². The van der Waals surface area contributed by atoms with Crippen molar-refractivity contribution in [2.75, 3.05) is 19.5 Å². The quantitative estimate of drug-likeness (QED) is 0.669. The van der Waals surface area contributed by atoms with Crippen molar-refractivity contribution in [1.29, 1.82) is 0 Å². The summed E-state index contributed by atoms with van der Waals surface area (Å²) in [6.45, 7) is 0.193. The molecule has 0 spiro atoms. The molecule has 4 heteroatoms. The van der Waals surface area contributed by atoms with Crippen molar-refractivity contribution in [3.8, 4) is 0 Å². The molecule has 0 fully saturated rings. The molecule has 0 aliphatic carbocycles. The Morgan fingerprint density at radius 3 is 2.85 bits per heavy atom. The van der Waals surface area contributed by atoms with Gasteiger partial charge >= 0.3 is 0 Å². The first-order valence-electron chi connectivity index (χ1n) is 3.86. The third kappa shape index (κ3) is 4.05. The van der Waals surface area contributed by atoms with E-state index in [1.165, 1.54) is 18.9 Å². The van der Waals surface area contributed by atoms with Crippen LogP contribution in [0.15, 0.2) is 29.4 Å². The molecule has 0 aromatic carbocycles. The Kier molecular flexibility index (Phi) is 4.49. The van der Waals surface area contributed by atoms with Crippen LogP contribution in [0.25, 0.3) is 0 Å². The lowest BCUT2D eigenvalue weighted by Gasteiger charge is -1.99. The highest BCUT2D eigenvalue weighted by atomic mass is 32.2. The van der Waals surface area contributed by atoms with Gasteiger partial charge in [0.15, 0.2) is 5.78 Å². The van der Waals surface area contributed by atoms with Crippen molar-refractivity contribution in [1.82, 2.24) is 4.98 Å². The second-order valence-electron chi connectivity index (χ2n) is 2.44. The van der Waals surface area contributed by atoms with Crippen molar-refractivity contribution >= 4 is 17.5 Å². The molecule has 1 aromatic rings. The zero-order valence-electron chi connectivity index (χ0n) is 7.40. The van der Waals surface area contributed by atoms with E-state index < -0.39 is 0 Å². The number of hydrogen-bond donors (Lipinski definition) is 0. The SMILES string of the molecule is COCC(=O)CSc1ccncc1. The normalized spacial score (nSPS) is 9.92.